The van der Waals surface area contributed by atoms with Crippen LogP contribution >= 0.6 is 0 Å². The highest BCUT2D eigenvalue weighted by molar-refractivity contribution is 5.85. The first-order valence-electron chi connectivity index (χ1n) is 5.35. The molecule has 0 aliphatic rings. The van der Waals surface area contributed by atoms with Gasteiger partial charge in [-0.3, -0.25) is 0 Å². The average Bonchev–Trinajstić information content (AvgIpc) is 2.23. The smallest absolute Gasteiger partial charge is 0.354 e. The predicted octanol–water partition coefficient (Wildman–Crippen LogP) is 1.97. The maximum atomic E-state index is 10.7. The molecule has 0 bridgehead atoms. The van der Waals surface area contributed by atoms with Gasteiger partial charge in [0.15, 0.2) is 5.69 Å². The second kappa shape index (κ2) is 5.63. The van der Waals surface area contributed by atoms with Crippen molar-refractivity contribution in [3.63, 3.8) is 0 Å². The first-order valence-corrected chi connectivity index (χ1v) is 5.35. The van der Waals surface area contributed by atoms with Crippen molar-refractivity contribution >= 4 is 5.97 Å². The molecule has 0 fully saturated rings. The summed E-state index contributed by atoms with van der Waals surface area (Å²) in [6, 6.07) is 4.63. The van der Waals surface area contributed by atoms with Gasteiger partial charge in [0.2, 0.25) is 5.88 Å². The van der Waals surface area contributed by atoms with Crippen LogP contribution < -0.4 is 4.74 Å². The van der Waals surface area contributed by atoms with Crippen molar-refractivity contribution in [1.82, 2.24) is 4.98 Å². The Morgan fingerprint density at radius 1 is 1.35 bits per heavy atom. The Morgan fingerprint density at radius 3 is 2.65 bits per heavy atom. The zero-order valence-electron chi connectivity index (χ0n) is 10.3. The molecule has 0 spiro atoms. The maximum absolute atomic E-state index is 10.7. The van der Waals surface area contributed by atoms with E-state index in [1.54, 1.807) is 12.1 Å². The summed E-state index contributed by atoms with van der Waals surface area (Å²) in [7, 11) is 0. The van der Waals surface area contributed by atoms with Crippen molar-refractivity contribution in [3.8, 4) is 5.88 Å². The summed E-state index contributed by atoms with van der Waals surface area (Å²) < 4.78 is 10.8. The molecule has 0 saturated carbocycles. The summed E-state index contributed by atoms with van der Waals surface area (Å²) in [6.45, 7) is 6.64. The van der Waals surface area contributed by atoms with Crippen molar-refractivity contribution in [3.05, 3.63) is 23.9 Å². The molecule has 17 heavy (non-hydrogen) atoms. The number of nitrogens with zero attached hydrogens (tertiary/aromatic N) is 1. The molecule has 5 heteroatoms. The molecule has 0 atom stereocenters. The third kappa shape index (κ3) is 5.31. The first kappa shape index (κ1) is 13.4. The summed E-state index contributed by atoms with van der Waals surface area (Å²) >= 11 is 0. The Kier molecular flexibility index (Phi) is 4.45. The highest BCUT2D eigenvalue weighted by atomic mass is 16.5. The lowest BCUT2D eigenvalue weighted by molar-refractivity contribution is -0.0168. The fraction of sp³-hybridized carbons (Fsp3) is 0.500. The Balaban J connectivity index is 2.42. The van der Waals surface area contributed by atoms with Crippen LogP contribution in [0.1, 0.15) is 31.3 Å². The number of aromatic nitrogens is 1. The number of hydrogen-bond acceptors (Lipinski definition) is 4. The molecule has 0 amide bonds. The van der Waals surface area contributed by atoms with E-state index in [1.807, 2.05) is 20.8 Å². The molecular formula is C12H17NO4. The molecule has 1 aromatic heterocycles. The number of ether oxygens (including phenoxy) is 2. The van der Waals surface area contributed by atoms with Gasteiger partial charge in [0.05, 0.1) is 12.2 Å². The van der Waals surface area contributed by atoms with E-state index < -0.39 is 5.97 Å². The number of carbonyl (C=O) groups is 1. The monoisotopic (exact) mass is 239 g/mol. The molecule has 1 N–H and O–H groups in total. The summed E-state index contributed by atoms with van der Waals surface area (Å²) in [5.74, 6) is -0.774. The average molecular weight is 239 g/mol. The van der Waals surface area contributed by atoms with Crippen molar-refractivity contribution in [1.29, 1.82) is 0 Å². The SMILES string of the molecule is CC(C)(C)OCCOc1cccc(C(=O)O)n1. The van der Waals surface area contributed by atoms with Crippen LogP contribution in [0.5, 0.6) is 5.88 Å². The summed E-state index contributed by atoms with van der Waals surface area (Å²) in [4.78, 5) is 14.5. The van der Waals surface area contributed by atoms with Gasteiger partial charge in [0, 0.05) is 6.07 Å². The largest absolute Gasteiger partial charge is 0.477 e. The molecule has 0 saturated heterocycles. The van der Waals surface area contributed by atoms with E-state index in [1.165, 1.54) is 6.07 Å². The lowest BCUT2D eigenvalue weighted by Crippen LogP contribution is -2.22. The van der Waals surface area contributed by atoms with Crippen LogP contribution in [0.15, 0.2) is 18.2 Å². The second-order valence-corrected chi connectivity index (χ2v) is 4.48. The lowest BCUT2D eigenvalue weighted by Gasteiger charge is -2.19. The van der Waals surface area contributed by atoms with Crippen molar-refractivity contribution < 1.29 is 19.4 Å². The van der Waals surface area contributed by atoms with Crippen molar-refractivity contribution in [2.45, 2.75) is 26.4 Å². The van der Waals surface area contributed by atoms with Crippen LogP contribution in [0.4, 0.5) is 0 Å². The minimum Gasteiger partial charge on any atom is -0.477 e. The molecule has 1 aromatic rings. The fourth-order valence-electron chi connectivity index (χ4n) is 1.11. The second-order valence-electron chi connectivity index (χ2n) is 4.48. The van der Waals surface area contributed by atoms with Gasteiger partial charge in [-0.2, -0.15) is 0 Å². The van der Waals surface area contributed by atoms with Gasteiger partial charge in [-0.25, -0.2) is 9.78 Å². The van der Waals surface area contributed by atoms with Gasteiger partial charge in [0.1, 0.15) is 6.61 Å². The number of hydrogen-bond donors (Lipinski definition) is 1. The van der Waals surface area contributed by atoms with Crippen molar-refractivity contribution in [2.24, 2.45) is 0 Å². The molecule has 5 nitrogen and oxygen atoms in total. The van der Waals surface area contributed by atoms with E-state index in [4.69, 9.17) is 14.6 Å². The van der Waals surface area contributed by atoms with E-state index in [-0.39, 0.29) is 11.3 Å². The van der Waals surface area contributed by atoms with E-state index in [0.29, 0.717) is 19.1 Å². The van der Waals surface area contributed by atoms with E-state index in [2.05, 4.69) is 4.98 Å². The Labute approximate surface area is 100 Å². The quantitative estimate of drug-likeness (QED) is 0.795. The summed E-state index contributed by atoms with van der Waals surface area (Å²) in [5, 5.41) is 8.74. The highest BCUT2D eigenvalue weighted by Crippen LogP contribution is 2.09. The van der Waals surface area contributed by atoms with Crippen LogP contribution in [-0.2, 0) is 4.74 Å². The highest BCUT2D eigenvalue weighted by Gasteiger charge is 2.10. The standard InChI is InChI=1S/C12H17NO4/c1-12(2,3)17-8-7-16-10-6-4-5-9(13-10)11(14)15/h4-6H,7-8H2,1-3H3,(H,14,15). The lowest BCUT2D eigenvalue weighted by atomic mass is 10.2. The minimum atomic E-state index is -1.07. The predicted molar refractivity (Wildman–Crippen MR) is 62.4 cm³/mol. The number of rotatable bonds is 5. The number of carboxylic acids is 1. The zero-order valence-corrected chi connectivity index (χ0v) is 10.3. The molecule has 0 radical (unpaired) electrons. The minimum absolute atomic E-state index is 0.0285. The van der Waals surface area contributed by atoms with Gasteiger partial charge in [-0.15, -0.1) is 0 Å². The zero-order chi connectivity index (χ0) is 12.9. The topological polar surface area (TPSA) is 68.7 Å². The van der Waals surface area contributed by atoms with Gasteiger partial charge in [-0.05, 0) is 26.8 Å². The molecule has 94 valence electrons. The first-order chi connectivity index (χ1) is 7.88. The number of aromatic carboxylic acids is 1. The third-order valence-corrected chi connectivity index (χ3v) is 1.81. The molecule has 0 unspecified atom stereocenters. The maximum Gasteiger partial charge on any atom is 0.354 e. The van der Waals surface area contributed by atoms with E-state index in [9.17, 15) is 4.79 Å². The Hall–Kier alpha value is -1.62. The molecule has 0 aliphatic carbocycles. The van der Waals surface area contributed by atoms with E-state index >= 15 is 0 Å². The summed E-state index contributed by atoms with van der Waals surface area (Å²) in [6.07, 6.45) is 0. The van der Waals surface area contributed by atoms with Gasteiger partial charge < -0.3 is 14.6 Å². The molecular weight excluding hydrogens is 222 g/mol. The normalized spacial score (nSPS) is 11.2. The Morgan fingerprint density at radius 2 is 2.06 bits per heavy atom. The van der Waals surface area contributed by atoms with Gasteiger partial charge in [-0.1, -0.05) is 6.07 Å². The van der Waals surface area contributed by atoms with Crippen LogP contribution in [0.3, 0.4) is 0 Å². The third-order valence-electron chi connectivity index (χ3n) is 1.81. The molecule has 1 rings (SSSR count). The molecule has 1 heterocycles. The van der Waals surface area contributed by atoms with Crippen LogP contribution in [0.25, 0.3) is 0 Å². The van der Waals surface area contributed by atoms with Crippen LogP contribution in [-0.4, -0.2) is 34.9 Å². The van der Waals surface area contributed by atoms with Crippen LogP contribution in [0.2, 0.25) is 0 Å². The molecule has 0 aliphatic heterocycles. The number of carboxylic acid groups (broad SMARTS) is 1. The van der Waals surface area contributed by atoms with Crippen molar-refractivity contribution in [2.75, 3.05) is 13.2 Å². The fourth-order valence-corrected chi connectivity index (χ4v) is 1.11. The summed E-state index contributed by atoms with van der Waals surface area (Å²) in [5.41, 5.74) is -0.237. The van der Waals surface area contributed by atoms with Crippen LogP contribution in [0, 0.1) is 0 Å². The Bertz CT molecular complexity index is 384. The van der Waals surface area contributed by atoms with E-state index in [0.717, 1.165) is 0 Å². The van der Waals surface area contributed by atoms with Gasteiger partial charge >= 0.3 is 5.97 Å². The number of pyridine rings is 1. The molecule has 0 aromatic carbocycles. The van der Waals surface area contributed by atoms with Gasteiger partial charge in [0.25, 0.3) is 0 Å².